The Labute approximate surface area is 94.5 Å². The minimum absolute atomic E-state index is 0.250. The van der Waals surface area contributed by atoms with Crippen molar-refractivity contribution in [3.8, 4) is 0 Å². The maximum Gasteiger partial charge on any atom is 0.375 e. The third kappa shape index (κ3) is 8.31. The van der Waals surface area contributed by atoms with Crippen LogP contribution < -0.4 is 0 Å². The van der Waals surface area contributed by atoms with Gasteiger partial charge >= 0.3 is 5.30 Å². The van der Waals surface area contributed by atoms with Gasteiger partial charge in [-0.15, -0.1) is 0 Å². The van der Waals surface area contributed by atoms with E-state index in [4.69, 9.17) is 21.7 Å². The fourth-order valence-electron chi connectivity index (χ4n) is 0.752. The number of rotatable bonds is 5. The molecule has 0 bridgehead atoms. The molecule has 14 heavy (non-hydrogen) atoms. The molecule has 0 aliphatic rings. The Morgan fingerprint density at radius 1 is 1.29 bits per heavy atom. The predicted molar refractivity (Wildman–Crippen MR) is 62.7 cm³/mol. The Morgan fingerprint density at radius 3 is 2.57 bits per heavy atom. The van der Waals surface area contributed by atoms with Gasteiger partial charge in [0.15, 0.2) is 0 Å². The highest BCUT2D eigenvalue weighted by atomic mass is 32.2. The van der Waals surface area contributed by atoms with Crippen molar-refractivity contribution in [2.75, 3.05) is 13.2 Å². The Hall–Kier alpha value is -0.290. The van der Waals surface area contributed by atoms with Crippen LogP contribution >= 0.6 is 24.0 Å². The highest BCUT2D eigenvalue weighted by Crippen LogP contribution is 2.10. The second kappa shape index (κ2) is 9.27. The van der Waals surface area contributed by atoms with Gasteiger partial charge in [0, 0.05) is 11.8 Å². The zero-order chi connectivity index (χ0) is 10.8. The minimum atomic E-state index is -0.395. The van der Waals surface area contributed by atoms with Crippen molar-refractivity contribution >= 4 is 33.7 Å². The van der Waals surface area contributed by atoms with E-state index in [1.54, 1.807) is 6.92 Å². The smallest absolute Gasteiger partial charge is 0.375 e. The van der Waals surface area contributed by atoms with E-state index in [0.29, 0.717) is 13.2 Å². The molecule has 0 rings (SSSR count). The first-order valence-corrected chi connectivity index (χ1v) is 5.94. The molecular weight excluding hydrogens is 220 g/mol. The number of thiocarbonyl (C=S) groups is 1. The van der Waals surface area contributed by atoms with Gasteiger partial charge in [0.2, 0.25) is 4.38 Å². The van der Waals surface area contributed by atoms with Gasteiger partial charge in [0.1, 0.15) is 0 Å². The van der Waals surface area contributed by atoms with Gasteiger partial charge in [0.05, 0.1) is 13.2 Å². The van der Waals surface area contributed by atoms with Crippen molar-refractivity contribution in [3.05, 3.63) is 0 Å². The topological polar surface area (TPSA) is 35.5 Å². The molecule has 0 spiro atoms. The third-order valence-corrected chi connectivity index (χ3v) is 2.33. The zero-order valence-corrected chi connectivity index (χ0v) is 10.2. The normalized spacial score (nSPS) is 9.57. The van der Waals surface area contributed by atoms with E-state index in [-0.39, 0.29) is 4.38 Å². The molecule has 3 nitrogen and oxygen atoms in total. The highest BCUT2D eigenvalue weighted by molar-refractivity contribution is 8.32. The van der Waals surface area contributed by atoms with Gasteiger partial charge in [-0.1, -0.05) is 19.8 Å². The van der Waals surface area contributed by atoms with Crippen LogP contribution in [0.2, 0.25) is 0 Å². The maximum atomic E-state index is 10.9. The van der Waals surface area contributed by atoms with Crippen LogP contribution in [0.4, 0.5) is 4.79 Å². The highest BCUT2D eigenvalue weighted by Gasteiger charge is 2.08. The lowest BCUT2D eigenvalue weighted by Gasteiger charge is -2.05. The summed E-state index contributed by atoms with van der Waals surface area (Å²) < 4.78 is 10.1. The van der Waals surface area contributed by atoms with Crippen LogP contribution in [0.5, 0.6) is 0 Å². The molecule has 82 valence electrons. The van der Waals surface area contributed by atoms with Gasteiger partial charge in [0.25, 0.3) is 0 Å². The first kappa shape index (κ1) is 13.7. The number of hydrogen-bond donors (Lipinski definition) is 0. The Kier molecular flexibility index (Phi) is 9.08. The van der Waals surface area contributed by atoms with Gasteiger partial charge in [-0.25, -0.2) is 4.79 Å². The minimum Gasteiger partial charge on any atom is -0.478 e. The summed E-state index contributed by atoms with van der Waals surface area (Å²) in [5.41, 5.74) is 0. The standard InChI is InChI=1S/C9H16O3S2/c1-3-5-6-7-12-9(13)14-8(10)11-4-2/h3-7H2,1-2H3. The van der Waals surface area contributed by atoms with Crippen LogP contribution in [0.1, 0.15) is 33.1 Å². The average Bonchev–Trinajstić information content (AvgIpc) is 2.13. The number of ether oxygens (including phenoxy) is 2. The lowest BCUT2D eigenvalue weighted by Crippen LogP contribution is -2.05. The number of carbonyl (C=O) groups is 1. The maximum absolute atomic E-state index is 10.9. The molecule has 0 fully saturated rings. The molecule has 0 unspecified atom stereocenters. The predicted octanol–water partition coefficient (Wildman–Crippen LogP) is 3.37. The lowest BCUT2D eigenvalue weighted by molar-refractivity contribution is 0.181. The van der Waals surface area contributed by atoms with E-state index in [1.807, 2.05) is 0 Å². The SMILES string of the molecule is CCCCCOC(=S)SC(=O)OCC. The van der Waals surface area contributed by atoms with Crippen molar-refractivity contribution < 1.29 is 14.3 Å². The summed E-state index contributed by atoms with van der Waals surface area (Å²) in [6.07, 6.45) is 3.23. The molecule has 0 heterocycles. The summed E-state index contributed by atoms with van der Waals surface area (Å²) in [7, 11) is 0. The van der Waals surface area contributed by atoms with E-state index in [1.165, 1.54) is 0 Å². The van der Waals surface area contributed by atoms with Crippen LogP contribution in [0.15, 0.2) is 0 Å². The quantitative estimate of drug-likeness (QED) is 0.415. The molecule has 0 aliphatic heterocycles. The van der Waals surface area contributed by atoms with Crippen LogP contribution in [-0.4, -0.2) is 22.9 Å². The first-order chi connectivity index (χ1) is 6.70. The number of unbranched alkanes of at least 4 members (excludes halogenated alkanes) is 2. The Morgan fingerprint density at radius 2 is 2.00 bits per heavy atom. The molecule has 0 N–H and O–H groups in total. The summed E-state index contributed by atoms with van der Waals surface area (Å²) >= 11 is 5.66. The fraction of sp³-hybridized carbons (Fsp3) is 0.778. The fourth-order valence-corrected chi connectivity index (χ4v) is 1.49. The van der Waals surface area contributed by atoms with Crippen molar-refractivity contribution in [3.63, 3.8) is 0 Å². The van der Waals surface area contributed by atoms with E-state index in [0.717, 1.165) is 31.0 Å². The molecule has 5 heteroatoms. The van der Waals surface area contributed by atoms with Crippen molar-refractivity contribution in [2.24, 2.45) is 0 Å². The Bertz CT molecular complexity index is 183. The number of carbonyl (C=O) groups excluding carboxylic acids is 1. The van der Waals surface area contributed by atoms with Crippen molar-refractivity contribution in [1.82, 2.24) is 0 Å². The molecule has 0 aliphatic carbocycles. The Balaban J connectivity index is 3.40. The second-order valence-electron chi connectivity index (χ2n) is 2.59. The molecule has 0 aromatic rings. The summed E-state index contributed by atoms with van der Waals surface area (Å²) in [4.78, 5) is 10.9. The molecule has 0 radical (unpaired) electrons. The molecule has 0 atom stereocenters. The van der Waals surface area contributed by atoms with Gasteiger partial charge < -0.3 is 9.47 Å². The van der Waals surface area contributed by atoms with E-state index in [2.05, 4.69) is 6.92 Å². The monoisotopic (exact) mass is 236 g/mol. The zero-order valence-electron chi connectivity index (χ0n) is 8.58. The molecule has 0 aromatic carbocycles. The number of thioether (sulfide) groups is 1. The number of hydrogen-bond acceptors (Lipinski definition) is 5. The summed E-state index contributed by atoms with van der Waals surface area (Å²) in [6, 6.07) is 0. The third-order valence-electron chi connectivity index (χ3n) is 1.40. The first-order valence-electron chi connectivity index (χ1n) is 4.72. The second-order valence-corrected chi connectivity index (χ2v) is 4.13. The van der Waals surface area contributed by atoms with Crippen LogP contribution in [-0.2, 0) is 9.47 Å². The molecule has 0 saturated heterocycles. The van der Waals surface area contributed by atoms with Crippen molar-refractivity contribution in [2.45, 2.75) is 33.1 Å². The van der Waals surface area contributed by atoms with Gasteiger partial charge in [-0.05, 0) is 25.6 Å². The molecule has 0 aromatic heterocycles. The summed E-state index contributed by atoms with van der Waals surface area (Å²) in [5, 5.41) is -0.395. The molecular formula is C9H16O3S2. The molecule has 0 amide bonds. The van der Waals surface area contributed by atoms with E-state index >= 15 is 0 Å². The average molecular weight is 236 g/mol. The lowest BCUT2D eigenvalue weighted by atomic mass is 10.3. The largest absolute Gasteiger partial charge is 0.478 e. The van der Waals surface area contributed by atoms with Crippen LogP contribution in [0, 0.1) is 0 Å². The summed E-state index contributed by atoms with van der Waals surface area (Å²) in [5.74, 6) is 0. The van der Waals surface area contributed by atoms with Gasteiger partial charge in [-0.2, -0.15) is 0 Å². The van der Waals surface area contributed by atoms with Crippen LogP contribution in [0.25, 0.3) is 0 Å². The van der Waals surface area contributed by atoms with E-state index < -0.39 is 5.30 Å². The van der Waals surface area contributed by atoms with Gasteiger partial charge in [-0.3, -0.25) is 0 Å². The summed E-state index contributed by atoms with van der Waals surface area (Å²) in [6.45, 7) is 4.82. The van der Waals surface area contributed by atoms with Crippen LogP contribution in [0.3, 0.4) is 0 Å². The van der Waals surface area contributed by atoms with E-state index in [9.17, 15) is 4.79 Å². The molecule has 0 saturated carbocycles. The van der Waals surface area contributed by atoms with Crippen molar-refractivity contribution in [1.29, 1.82) is 0 Å².